The van der Waals surface area contributed by atoms with Crippen molar-refractivity contribution in [3.05, 3.63) is 0 Å². The molecule has 0 aliphatic rings. The van der Waals surface area contributed by atoms with E-state index in [9.17, 15) is 0 Å². The van der Waals surface area contributed by atoms with Gasteiger partial charge in [0.15, 0.2) is 0 Å². The molecule has 5 heavy (non-hydrogen) atoms. The van der Waals surface area contributed by atoms with E-state index in [1.165, 1.54) is 0 Å². The number of hydrogen-bond donors (Lipinski definition) is 2. The van der Waals surface area contributed by atoms with Crippen molar-refractivity contribution in [1.29, 1.82) is 11.1 Å². The molecule has 0 unspecified atom stereocenters. The van der Waals surface area contributed by atoms with Gasteiger partial charge in [0.25, 0.3) is 0 Å². The molecule has 2 N–H and O–H groups in total. The predicted octanol–water partition coefficient (Wildman–Crippen LogP) is 0.0449. The molecule has 0 saturated carbocycles. The molecule has 0 aliphatic heterocycles. The Kier molecular flexibility index (Phi) is 73.3. The summed E-state index contributed by atoms with van der Waals surface area (Å²) in [7, 11) is 0. The second kappa shape index (κ2) is 21.5. The molecule has 0 atom stereocenters. The van der Waals surface area contributed by atoms with E-state index < -0.39 is 0 Å². The fourth-order valence-electron chi connectivity index (χ4n) is 0. The van der Waals surface area contributed by atoms with Crippen LogP contribution in [0.15, 0.2) is 0 Å². The molecule has 0 fully saturated rings. The van der Waals surface area contributed by atoms with Crippen LogP contribution in [0.4, 0.5) is 0 Å². The summed E-state index contributed by atoms with van der Waals surface area (Å²) in [6.45, 7) is 0. The molecular formula is H4BrN3Na+. The minimum atomic E-state index is 0. The van der Waals surface area contributed by atoms with E-state index >= 15 is 0 Å². The van der Waals surface area contributed by atoms with E-state index in [0.29, 0.717) is 0 Å². The third-order valence-corrected chi connectivity index (χ3v) is 0. The Morgan fingerprint density at radius 3 is 1.20 bits per heavy atom. The van der Waals surface area contributed by atoms with Crippen molar-refractivity contribution in [2.24, 2.45) is 0 Å². The molecule has 0 amide bonds. The molecule has 26 valence electrons. The van der Waals surface area contributed by atoms with E-state index in [4.69, 9.17) is 11.1 Å². The van der Waals surface area contributed by atoms with Crippen molar-refractivity contribution in [2.45, 2.75) is 0 Å². The van der Waals surface area contributed by atoms with Crippen LogP contribution in [-0.2, 0) is 0 Å². The minimum absolute atomic E-state index is 0. The molecule has 0 aromatic rings. The summed E-state index contributed by atoms with van der Waals surface area (Å²) in [4.78, 5) is 2.00. The third-order valence-electron chi connectivity index (χ3n) is 0. The van der Waals surface area contributed by atoms with Gasteiger partial charge in [-0.25, -0.2) is 0 Å². The summed E-state index contributed by atoms with van der Waals surface area (Å²) in [5.74, 6) is 0. The van der Waals surface area contributed by atoms with Crippen LogP contribution >= 0.6 is 17.0 Å². The zero-order chi connectivity index (χ0) is 2.71. The van der Waals surface area contributed by atoms with Gasteiger partial charge in [0, 0.05) is 0 Å². The second-order valence-corrected chi connectivity index (χ2v) is 0.112. The van der Waals surface area contributed by atoms with Crippen LogP contribution in [0.1, 0.15) is 0 Å². The number of halogens is 1. The molecule has 0 saturated heterocycles. The summed E-state index contributed by atoms with van der Waals surface area (Å²) in [5.41, 5.74) is 11.0. The van der Waals surface area contributed by atoms with Gasteiger partial charge in [0.05, 0.1) is 0 Å². The third kappa shape index (κ3) is 59.7. The van der Waals surface area contributed by atoms with Crippen LogP contribution in [0.5, 0.6) is 0 Å². The summed E-state index contributed by atoms with van der Waals surface area (Å²) >= 11 is 0. The van der Waals surface area contributed by atoms with E-state index in [1.54, 1.807) is 0 Å². The first kappa shape index (κ1) is 17.1. The number of nitrogens with one attached hydrogen (secondary N) is 2. The van der Waals surface area contributed by atoms with E-state index in [1.807, 2.05) is 4.91 Å². The summed E-state index contributed by atoms with van der Waals surface area (Å²) in [6.07, 6.45) is 0. The average Bonchev–Trinajstić information content (AvgIpc) is 0.918. The van der Waals surface area contributed by atoms with Gasteiger partial charge >= 0.3 is 29.6 Å². The van der Waals surface area contributed by atoms with E-state index in [2.05, 4.69) is 0 Å². The topological polar surface area (TPSA) is 61.8 Å². The van der Waals surface area contributed by atoms with Crippen molar-refractivity contribution in [1.82, 2.24) is 4.91 Å². The van der Waals surface area contributed by atoms with Gasteiger partial charge in [-0.3, -0.25) is 0 Å². The maximum atomic E-state index is 5.50. The Balaban J connectivity index is -0.0000000200. The fraction of sp³-hybridized carbons (Fsp3) is 0. The van der Waals surface area contributed by atoms with Crippen molar-refractivity contribution in [3.8, 4) is 0 Å². The van der Waals surface area contributed by atoms with Gasteiger partial charge < -0.3 is 0 Å². The van der Waals surface area contributed by atoms with Gasteiger partial charge in [0.1, 0.15) is 11.1 Å². The van der Waals surface area contributed by atoms with Crippen molar-refractivity contribution in [3.63, 3.8) is 0 Å². The monoisotopic (exact) mass is 148 g/mol. The first-order chi connectivity index (χ1) is 1.41. The molecule has 0 radical (unpaired) electrons. The van der Waals surface area contributed by atoms with Gasteiger partial charge in [-0.15, -0.1) is 17.0 Å². The van der Waals surface area contributed by atoms with Gasteiger partial charge in [-0.1, -0.05) is 0 Å². The van der Waals surface area contributed by atoms with Gasteiger partial charge in [0.2, 0.25) is 4.91 Å². The Morgan fingerprint density at radius 1 is 1.20 bits per heavy atom. The Hall–Kier alpha value is 0.790. The van der Waals surface area contributed by atoms with E-state index in [-0.39, 0.29) is 46.5 Å². The Labute approximate surface area is 62.2 Å². The molecule has 0 rings (SSSR count). The van der Waals surface area contributed by atoms with Crippen LogP contribution in [-0.4, -0.2) is 29.6 Å². The predicted molar refractivity (Wildman–Crippen MR) is 25.0 cm³/mol. The van der Waals surface area contributed by atoms with Gasteiger partial charge in [-0.2, -0.15) is 0 Å². The molecule has 0 aliphatic carbocycles. The first-order valence-corrected chi connectivity index (χ1v) is 0.447. The normalized spacial score (nSPS) is 1.60. The van der Waals surface area contributed by atoms with Gasteiger partial charge in [-0.05, 0) is 0 Å². The van der Waals surface area contributed by atoms with Crippen molar-refractivity contribution < 1.29 is 0 Å². The molecule has 0 spiro atoms. The molecular weight excluding hydrogens is 145 g/mol. The maximum absolute atomic E-state index is 5.50. The van der Waals surface area contributed by atoms with Crippen LogP contribution in [0.2, 0.25) is 0 Å². The zero-order valence-electron chi connectivity index (χ0n) is 1.86. The Morgan fingerprint density at radius 2 is 1.20 bits per heavy atom. The summed E-state index contributed by atoms with van der Waals surface area (Å²) in [5, 5.41) is 0. The van der Waals surface area contributed by atoms with E-state index in [0.717, 1.165) is 0 Å². The molecule has 0 heterocycles. The SMILES string of the molecule is Br.N=[N+]=N.[NaH]. The van der Waals surface area contributed by atoms with Crippen LogP contribution in [0.3, 0.4) is 0 Å². The summed E-state index contributed by atoms with van der Waals surface area (Å²) < 4.78 is 0. The molecule has 0 bridgehead atoms. The molecule has 0 aromatic heterocycles. The van der Waals surface area contributed by atoms with Crippen molar-refractivity contribution in [2.75, 3.05) is 0 Å². The standard InChI is InChI=1S/BrH.H2N3.Na.H/c;1-3-2;;/h1H;1-2H;;/q;+1;;. The number of nitrogens with zero attached hydrogens (tertiary/aromatic N) is 1. The van der Waals surface area contributed by atoms with Crippen LogP contribution in [0.25, 0.3) is 0 Å². The van der Waals surface area contributed by atoms with Crippen LogP contribution in [0, 0.1) is 11.1 Å². The molecule has 0 aromatic carbocycles. The number of hydrogen-bond acceptors (Lipinski definition) is 2. The van der Waals surface area contributed by atoms with Crippen molar-refractivity contribution >= 4 is 46.5 Å². The fourth-order valence-corrected chi connectivity index (χ4v) is 0. The molecule has 3 nitrogen and oxygen atoms in total. The zero-order valence-corrected chi connectivity index (χ0v) is 3.57. The number of rotatable bonds is 0. The molecule has 5 heteroatoms. The summed E-state index contributed by atoms with van der Waals surface area (Å²) in [6, 6.07) is 0. The van der Waals surface area contributed by atoms with Crippen LogP contribution < -0.4 is 4.91 Å². The quantitative estimate of drug-likeness (QED) is 0.277. The second-order valence-electron chi connectivity index (χ2n) is 0.112. The average molecular weight is 149 g/mol. The first-order valence-electron chi connectivity index (χ1n) is 0.447. The Bertz CT molecular complexity index is 27.9.